The number of aromatic hydroxyl groups is 1. The number of phenols is 1. The molecule has 12 rings (SSSR count). The predicted octanol–water partition coefficient (Wildman–Crippen LogP) is 7.64. The van der Waals surface area contributed by atoms with Gasteiger partial charge >= 0.3 is 6.01 Å². The summed E-state index contributed by atoms with van der Waals surface area (Å²) in [5, 5.41) is 35.1. The maximum absolute atomic E-state index is 17.2. The lowest BCUT2D eigenvalue weighted by molar-refractivity contribution is -0.141. The molecule has 0 aliphatic carbocycles. The zero-order chi connectivity index (χ0) is 53.2. The van der Waals surface area contributed by atoms with Gasteiger partial charge in [-0.2, -0.15) is 9.97 Å². The number of aliphatic hydroxyl groups excluding tert-OH is 1. The molecule has 3 aromatic carbocycles. The summed E-state index contributed by atoms with van der Waals surface area (Å²) in [4.78, 5) is 56.6. The average Bonchev–Trinajstić information content (AvgIpc) is 4.32. The maximum Gasteiger partial charge on any atom is 0.319 e. The number of nitrogens with zero attached hydrogens (tertiary/aromatic N) is 9. The molecule has 17 nitrogen and oxygen atoms in total. The number of nitrogens with one attached hydrogen (secondary N) is 2. The van der Waals surface area contributed by atoms with Crippen LogP contribution in [0.5, 0.6) is 11.8 Å². The van der Waals surface area contributed by atoms with E-state index in [1.165, 1.54) is 4.90 Å². The monoisotopic (exact) mass is 1060 g/mol. The molecule has 5 aliphatic heterocycles. The summed E-state index contributed by atoms with van der Waals surface area (Å²) in [5.74, 6) is 0.479. The van der Waals surface area contributed by atoms with Crippen molar-refractivity contribution in [3.8, 4) is 33.5 Å². The third-order valence-corrected chi connectivity index (χ3v) is 17.7. The number of likely N-dealkylation sites (tertiary alicyclic amines) is 2. The largest absolute Gasteiger partial charge is 0.508 e. The number of aryl methyl sites for hydroxylation is 2. The van der Waals surface area contributed by atoms with Crippen LogP contribution in [0, 0.1) is 30.5 Å². The minimum absolute atomic E-state index is 0.0335. The van der Waals surface area contributed by atoms with Crippen LogP contribution in [0.2, 0.25) is 0 Å². The Balaban J connectivity index is 0.694. The van der Waals surface area contributed by atoms with E-state index in [4.69, 9.17) is 24.2 Å². The molecule has 4 N–H and O–H groups in total. The fourth-order valence-corrected chi connectivity index (χ4v) is 13.7. The summed E-state index contributed by atoms with van der Waals surface area (Å²) in [6.07, 6.45) is 3.86. The van der Waals surface area contributed by atoms with Gasteiger partial charge in [0.2, 0.25) is 11.8 Å². The van der Waals surface area contributed by atoms with Crippen LogP contribution in [0.3, 0.4) is 0 Å². The Hall–Kier alpha value is -6.80. The fraction of sp³-hybridized carbons (Fsp3) is 0.466. The number of rotatable bonds is 15. The molecule has 8 atom stereocenters. The van der Waals surface area contributed by atoms with Crippen molar-refractivity contribution in [3.05, 3.63) is 101 Å². The molecule has 5 saturated heterocycles. The number of halogens is 1. The van der Waals surface area contributed by atoms with Gasteiger partial charge in [-0.05, 0) is 90.5 Å². The van der Waals surface area contributed by atoms with E-state index in [9.17, 15) is 19.8 Å². The molecule has 0 radical (unpaired) electrons. The van der Waals surface area contributed by atoms with E-state index in [2.05, 4.69) is 42.4 Å². The summed E-state index contributed by atoms with van der Waals surface area (Å²) in [6.45, 7) is 15.6. The number of hydrogen-bond acceptors (Lipinski definition) is 16. The Bertz CT molecular complexity index is 3330. The molecular formula is C58H66FN11O6S. The van der Waals surface area contributed by atoms with Crippen LogP contribution in [-0.4, -0.2) is 140 Å². The number of aliphatic hydroxyl groups is 1. The molecule has 7 aromatic rings. The molecular weight excluding hydrogens is 998 g/mol. The summed E-state index contributed by atoms with van der Waals surface area (Å²) in [7, 11) is 0. The number of pyridine rings is 1. The topological polar surface area (TPSA) is 198 Å². The van der Waals surface area contributed by atoms with E-state index in [1.807, 2.05) is 81.7 Å². The van der Waals surface area contributed by atoms with Crippen LogP contribution in [0.15, 0.2) is 76.9 Å². The van der Waals surface area contributed by atoms with Gasteiger partial charge in [-0.3, -0.25) is 19.5 Å². The zero-order valence-corrected chi connectivity index (χ0v) is 45.0. The second-order valence-electron chi connectivity index (χ2n) is 22.3. The minimum Gasteiger partial charge on any atom is -0.508 e. The van der Waals surface area contributed by atoms with Crippen molar-refractivity contribution in [1.29, 1.82) is 0 Å². The Labute approximate surface area is 450 Å². The van der Waals surface area contributed by atoms with Crippen LogP contribution >= 0.6 is 11.3 Å². The molecule has 19 heteroatoms. The van der Waals surface area contributed by atoms with Gasteiger partial charge in [-0.1, -0.05) is 68.4 Å². The van der Waals surface area contributed by atoms with Crippen molar-refractivity contribution in [2.45, 2.75) is 96.5 Å². The van der Waals surface area contributed by atoms with Crippen molar-refractivity contribution < 1.29 is 33.5 Å². The van der Waals surface area contributed by atoms with Gasteiger partial charge in [0, 0.05) is 88.7 Å². The Kier molecular flexibility index (Phi) is 13.8. The maximum atomic E-state index is 17.2. The number of benzene rings is 3. The zero-order valence-electron chi connectivity index (χ0n) is 44.2. The predicted molar refractivity (Wildman–Crippen MR) is 294 cm³/mol. The Morgan fingerprint density at radius 2 is 1.71 bits per heavy atom. The van der Waals surface area contributed by atoms with E-state index in [-0.39, 0.29) is 59.7 Å². The number of carbonyl (C=O) groups is 2. The first-order valence-corrected chi connectivity index (χ1v) is 28.1. The van der Waals surface area contributed by atoms with Crippen LogP contribution in [0.4, 0.5) is 16.0 Å². The molecule has 2 amide bonds. The van der Waals surface area contributed by atoms with Crippen molar-refractivity contribution in [3.63, 3.8) is 0 Å². The highest BCUT2D eigenvalue weighted by molar-refractivity contribution is 7.13. The van der Waals surface area contributed by atoms with E-state index in [0.717, 1.165) is 96.6 Å². The average molecular weight is 1060 g/mol. The number of piperazine rings is 1. The Morgan fingerprint density at radius 1 is 0.948 bits per heavy atom. The number of hydrogen-bond donors (Lipinski definition) is 4. The van der Waals surface area contributed by atoms with Crippen LogP contribution in [0.1, 0.15) is 81.5 Å². The van der Waals surface area contributed by atoms with Crippen LogP contribution in [0.25, 0.3) is 43.4 Å². The first kappa shape index (κ1) is 51.0. The van der Waals surface area contributed by atoms with Crippen molar-refractivity contribution >= 4 is 56.5 Å². The highest BCUT2D eigenvalue weighted by Gasteiger charge is 2.45. The lowest BCUT2D eigenvalue weighted by Crippen LogP contribution is -2.51. The molecule has 0 saturated carbocycles. The number of carbonyl (C=O) groups excluding carboxylic acids is 2. The van der Waals surface area contributed by atoms with E-state index in [1.54, 1.807) is 29.7 Å². The molecule has 9 heterocycles. The fourth-order valence-electron chi connectivity index (χ4n) is 12.9. The standard InChI is InChI=1S/C58H66FN11O6S/c1-6-34-8-7-9-37-18-42(71)19-44(50(34)37)52-51(59)53-45(22-60-52)55(69-27-40-14-15-41(28-69)63-40)65-58(64-53)75-17-16-67-23-38-25-68(26-39(38)24-67)48-21-47(76-66-48)49(31(2)3)57(74)70-29-43(72)20-46(70)56(73)62-32(4)35-10-12-36(13-11-35)54-33(5)61-30-77-54/h7-13,18-19,21-22,30-32,38-41,43,46,49,63,71-72H,6,14-17,20,23-29H2,1-5H3,(H,62,73)/t32-,38+,39+,40?,41?,43+,46-,49-/m0/s1. The summed E-state index contributed by atoms with van der Waals surface area (Å²) in [5.41, 5.74) is 6.60. The quantitative estimate of drug-likeness (QED) is 0.0781. The first-order valence-electron chi connectivity index (χ1n) is 27.2. The number of β-amino-alcohol motifs (C(OH)–C–C–N with tert-alkyl or cyclic N) is 1. The van der Waals surface area contributed by atoms with E-state index in [0.29, 0.717) is 65.4 Å². The lowest BCUT2D eigenvalue weighted by atomic mass is 9.91. The molecule has 2 bridgehead atoms. The van der Waals surface area contributed by atoms with Gasteiger partial charge in [-0.25, -0.2) is 9.37 Å². The number of phenolic OH excluding ortho intramolecular Hbond substituents is 1. The van der Waals surface area contributed by atoms with Gasteiger partial charge in [0.25, 0.3) is 0 Å². The second kappa shape index (κ2) is 20.9. The lowest BCUT2D eigenvalue weighted by Gasteiger charge is -2.34. The molecule has 2 unspecified atom stereocenters. The third-order valence-electron chi connectivity index (χ3n) is 16.8. The number of amides is 2. The van der Waals surface area contributed by atoms with Crippen molar-refractivity contribution in [2.75, 3.05) is 68.8 Å². The van der Waals surface area contributed by atoms with Gasteiger partial charge in [0.1, 0.15) is 41.3 Å². The molecule has 0 spiro atoms. The highest BCUT2D eigenvalue weighted by atomic mass is 32.1. The molecule has 77 heavy (non-hydrogen) atoms. The first-order chi connectivity index (χ1) is 37.3. The second-order valence-corrected chi connectivity index (χ2v) is 23.1. The van der Waals surface area contributed by atoms with Crippen molar-refractivity contribution in [1.82, 2.24) is 45.5 Å². The van der Waals surface area contributed by atoms with Gasteiger partial charge < -0.3 is 44.8 Å². The number of thiazole rings is 1. The van der Waals surface area contributed by atoms with Crippen LogP contribution < -0.4 is 25.2 Å². The number of fused-ring (bicyclic) bond motifs is 5. The number of aromatic nitrogens is 5. The normalized spacial score (nSPS) is 23.1. The summed E-state index contributed by atoms with van der Waals surface area (Å²) in [6, 6.07) is 18.7. The molecule has 402 valence electrons. The van der Waals surface area contributed by atoms with Gasteiger partial charge in [0.05, 0.1) is 33.6 Å². The third kappa shape index (κ3) is 9.84. The number of ether oxygens (including phenoxy) is 1. The van der Waals surface area contributed by atoms with E-state index >= 15 is 4.39 Å². The van der Waals surface area contributed by atoms with Gasteiger partial charge in [0.15, 0.2) is 17.4 Å². The van der Waals surface area contributed by atoms with Gasteiger partial charge in [-0.15, -0.1) is 11.3 Å². The Morgan fingerprint density at radius 3 is 2.43 bits per heavy atom. The molecule has 5 aliphatic rings. The number of anilines is 2. The summed E-state index contributed by atoms with van der Waals surface area (Å²) >= 11 is 1.59. The molecule has 5 fully saturated rings. The highest BCUT2D eigenvalue weighted by Crippen LogP contribution is 2.41. The summed E-state index contributed by atoms with van der Waals surface area (Å²) < 4.78 is 29.5. The smallest absolute Gasteiger partial charge is 0.319 e. The van der Waals surface area contributed by atoms with E-state index < -0.39 is 23.9 Å². The SMILES string of the molecule is CCc1cccc2cc(O)cc(-c3ncc4c(N5CC6CCC(C5)N6)nc(OCCN5C[C@@H]6CN(c7cc([C@@H](C(=O)N8C[C@H](O)C[C@H]8C(=O)N[C@@H](C)c8ccc(-c9scnc9C)cc8)C(C)C)on7)C[C@H]6C5)nc4c3F)c12. The van der Waals surface area contributed by atoms with Crippen LogP contribution in [-0.2, 0) is 16.0 Å². The molecule has 4 aromatic heterocycles. The minimum atomic E-state index is -0.833. The van der Waals surface area contributed by atoms with Crippen molar-refractivity contribution in [2.24, 2.45) is 17.8 Å².